The summed E-state index contributed by atoms with van der Waals surface area (Å²) in [6, 6.07) is 10.6. The van der Waals surface area contributed by atoms with Crippen molar-refractivity contribution >= 4 is 35.1 Å². The van der Waals surface area contributed by atoms with Gasteiger partial charge in [0, 0.05) is 22.5 Å². The van der Waals surface area contributed by atoms with Crippen molar-refractivity contribution in [3.8, 4) is 17.2 Å². The summed E-state index contributed by atoms with van der Waals surface area (Å²) in [5.41, 5.74) is -0.577. The molecule has 0 aliphatic carbocycles. The largest absolute Gasteiger partial charge is 0.508 e. The van der Waals surface area contributed by atoms with Crippen molar-refractivity contribution in [1.82, 2.24) is 0 Å². The molecule has 11 nitrogen and oxygen atoms in total. The Balaban J connectivity index is 1.82. The minimum Gasteiger partial charge on any atom is -0.508 e. The zero-order valence-corrected chi connectivity index (χ0v) is 18.2. The maximum absolute atomic E-state index is 12.7. The van der Waals surface area contributed by atoms with Crippen molar-refractivity contribution in [3.63, 3.8) is 0 Å². The van der Waals surface area contributed by atoms with E-state index in [0.717, 1.165) is 24.3 Å². The number of ether oxygens (including phenoxy) is 1. The first kappa shape index (κ1) is 24.6. The van der Waals surface area contributed by atoms with Crippen molar-refractivity contribution in [2.24, 2.45) is 0 Å². The van der Waals surface area contributed by atoms with Gasteiger partial charge in [0.25, 0.3) is 11.8 Å². The number of hydrogen-bond donors (Lipinski definition) is 6. The lowest BCUT2D eigenvalue weighted by molar-refractivity contribution is 0.0522. The standard InChI is InChI=1S/C24H20N2O9/c1-2-35-24(34)18-11-15(4-6-20(18)29)26-22(31)13-7-12(8-16(27)9-13)21(30)25-14-3-5-19(28)17(10-14)23(32)33/h3-11,27-29H,2H2,1H3,(H,25,30)(H,26,31)(H,32,33). The van der Waals surface area contributed by atoms with E-state index >= 15 is 0 Å². The molecule has 3 aromatic carbocycles. The lowest BCUT2D eigenvalue weighted by Crippen LogP contribution is -2.16. The molecule has 0 aromatic heterocycles. The average molecular weight is 480 g/mol. The Morgan fingerprint density at radius 1 is 0.743 bits per heavy atom. The third-order valence-corrected chi connectivity index (χ3v) is 4.68. The fraction of sp³-hybridized carbons (Fsp3) is 0.0833. The number of carboxylic acid groups (broad SMARTS) is 1. The van der Waals surface area contributed by atoms with E-state index in [9.17, 15) is 34.5 Å². The van der Waals surface area contributed by atoms with Crippen LogP contribution >= 0.6 is 0 Å². The van der Waals surface area contributed by atoms with Crippen LogP contribution in [-0.4, -0.2) is 50.8 Å². The van der Waals surface area contributed by atoms with Crippen molar-refractivity contribution in [3.05, 3.63) is 76.9 Å². The number of carbonyl (C=O) groups excluding carboxylic acids is 3. The summed E-state index contributed by atoms with van der Waals surface area (Å²) in [5, 5.41) is 43.5. The van der Waals surface area contributed by atoms with Gasteiger partial charge >= 0.3 is 11.9 Å². The zero-order chi connectivity index (χ0) is 25.7. The molecule has 0 aliphatic rings. The Hall–Kier alpha value is -5.06. The van der Waals surface area contributed by atoms with Gasteiger partial charge in [-0.3, -0.25) is 9.59 Å². The first-order chi connectivity index (χ1) is 16.6. The highest BCUT2D eigenvalue weighted by Gasteiger charge is 2.17. The molecule has 6 N–H and O–H groups in total. The summed E-state index contributed by atoms with van der Waals surface area (Å²) in [6.45, 7) is 1.69. The Morgan fingerprint density at radius 3 is 1.71 bits per heavy atom. The molecule has 0 saturated heterocycles. The second kappa shape index (κ2) is 10.3. The number of phenols is 3. The molecule has 0 radical (unpaired) electrons. The molecule has 11 heteroatoms. The highest BCUT2D eigenvalue weighted by atomic mass is 16.5. The van der Waals surface area contributed by atoms with E-state index in [1.165, 1.54) is 30.3 Å². The van der Waals surface area contributed by atoms with Crippen LogP contribution in [0.15, 0.2) is 54.6 Å². The van der Waals surface area contributed by atoms with E-state index in [-0.39, 0.29) is 40.4 Å². The summed E-state index contributed by atoms with van der Waals surface area (Å²) in [7, 11) is 0. The number of anilines is 2. The van der Waals surface area contributed by atoms with Crippen LogP contribution in [0.3, 0.4) is 0 Å². The van der Waals surface area contributed by atoms with Crippen LogP contribution in [-0.2, 0) is 4.74 Å². The summed E-state index contributed by atoms with van der Waals surface area (Å²) in [4.78, 5) is 48.5. The van der Waals surface area contributed by atoms with Gasteiger partial charge in [-0.15, -0.1) is 0 Å². The lowest BCUT2D eigenvalue weighted by Gasteiger charge is -2.11. The Bertz CT molecular complexity index is 1330. The number of benzene rings is 3. The molecule has 0 aliphatic heterocycles. The Labute approximate surface area is 198 Å². The molecule has 35 heavy (non-hydrogen) atoms. The highest BCUT2D eigenvalue weighted by molar-refractivity contribution is 6.09. The van der Waals surface area contributed by atoms with E-state index in [1.807, 2.05) is 0 Å². The predicted octanol–water partition coefficient (Wildman–Crippen LogP) is 3.18. The van der Waals surface area contributed by atoms with Gasteiger partial charge in [-0.2, -0.15) is 0 Å². The highest BCUT2D eigenvalue weighted by Crippen LogP contribution is 2.25. The van der Waals surface area contributed by atoms with Gasteiger partial charge in [0.1, 0.15) is 28.4 Å². The third kappa shape index (κ3) is 5.85. The van der Waals surface area contributed by atoms with Crippen molar-refractivity contribution in [1.29, 1.82) is 0 Å². The first-order valence-electron chi connectivity index (χ1n) is 10.1. The summed E-state index contributed by atoms with van der Waals surface area (Å²) < 4.78 is 4.85. The molecule has 0 saturated carbocycles. The van der Waals surface area contributed by atoms with Gasteiger partial charge in [0.15, 0.2) is 0 Å². The molecular formula is C24H20N2O9. The number of amides is 2. The zero-order valence-electron chi connectivity index (χ0n) is 18.2. The Kier molecular flexibility index (Phi) is 7.20. The lowest BCUT2D eigenvalue weighted by atomic mass is 10.1. The maximum atomic E-state index is 12.7. The summed E-state index contributed by atoms with van der Waals surface area (Å²) >= 11 is 0. The van der Waals surface area contributed by atoms with Gasteiger partial charge in [0.2, 0.25) is 0 Å². The van der Waals surface area contributed by atoms with Gasteiger partial charge in [-0.05, 0) is 61.5 Å². The second-order valence-corrected chi connectivity index (χ2v) is 7.17. The van der Waals surface area contributed by atoms with Crippen LogP contribution < -0.4 is 10.6 Å². The van der Waals surface area contributed by atoms with Gasteiger partial charge in [-0.25, -0.2) is 9.59 Å². The monoisotopic (exact) mass is 480 g/mol. The predicted molar refractivity (Wildman–Crippen MR) is 123 cm³/mol. The minimum absolute atomic E-state index is 0.0649. The number of carboxylic acids is 1. The smallest absolute Gasteiger partial charge is 0.341 e. The van der Waals surface area contributed by atoms with Crippen LogP contribution in [0, 0.1) is 0 Å². The molecule has 3 rings (SSSR count). The topological polar surface area (TPSA) is 182 Å². The van der Waals surface area contributed by atoms with E-state index in [4.69, 9.17) is 9.84 Å². The molecule has 0 spiro atoms. The van der Waals surface area contributed by atoms with E-state index in [1.54, 1.807) is 6.92 Å². The maximum Gasteiger partial charge on any atom is 0.341 e. The molecule has 0 heterocycles. The number of esters is 1. The van der Waals surface area contributed by atoms with Crippen LogP contribution in [0.4, 0.5) is 11.4 Å². The van der Waals surface area contributed by atoms with Crippen molar-refractivity contribution in [2.75, 3.05) is 17.2 Å². The SMILES string of the molecule is CCOC(=O)c1cc(NC(=O)c2cc(O)cc(C(=O)Nc3ccc(O)c(C(=O)O)c3)c2)ccc1O. The molecule has 0 bridgehead atoms. The van der Waals surface area contributed by atoms with Crippen LogP contribution in [0.25, 0.3) is 0 Å². The number of nitrogens with one attached hydrogen (secondary N) is 2. The molecule has 180 valence electrons. The van der Waals surface area contributed by atoms with E-state index in [0.29, 0.717) is 0 Å². The molecular weight excluding hydrogens is 460 g/mol. The first-order valence-corrected chi connectivity index (χ1v) is 10.1. The van der Waals surface area contributed by atoms with Crippen LogP contribution in [0.1, 0.15) is 48.4 Å². The van der Waals surface area contributed by atoms with Gasteiger partial charge in [-0.1, -0.05) is 0 Å². The number of rotatable bonds is 7. The normalized spacial score (nSPS) is 10.3. The molecule has 3 aromatic rings. The van der Waals surface area contributed by atoms with Gasteiger partial charge < -0.3 is 35.8 Å². The van der Waals surface area contributed by atoms with Crippen LogP contribution in [0.2, 0.25) is 0 Å². The Morgan fingerprint density at radius 2 is 1.23 bits per heavy atom. The summed E-state index contributed by atoms with van der Waals surface area (Å²) in [6.07, 6.45) is 0. The van der Waals surface area contributed by atoms with Crippen molar-refractivity contribution < 1.29 is 44.3 Å². The molecule has 0 unspecified atom stereocenters. The molecule has 2 amide bonds. The average Bonchev–Trinajstić information content (AvgIpc) is 2.81. The molecule has 0 atom stereocenters. The number of aromatic hydroxyl groups is 3. The fourth-order valence-electron chi connectivity index (χ4n) is 3.05. The second-order valence-electron chi connectivity index (χ2n) is 7.17. The quantitative estimate of drug-likeness (QED) is 0.218. The molecule has 0 fully saturated rings. The van der Waals surface area contributed by atoms with E-state index < -0.39 is 40.8 Å². The van der Waals surface area contributed by atoms with Crippen LogP contribution in [0.5, 0.6) is 17.2 Å². The number of aromatic carboxylic acids is 1. The van der Waals surface area contributed by atoms with E-state index in [2.05, 4.69) is 10.6 Å². The van der Waals surface area contributed by atoms with Crippen molar-refractivity contribution in [2.45, 2.75) is 6.92 Å². The minimum atomic E-state index is -1.39. The number of hydrogen-bond acceptors (Lipinski definition) is 8. The number of carbonyl (C=O) groups is 4. The third-order valence-electron chi connectivity index (χ3n) is 4.68. The summed E-state index contributed by atoms with van der Waals surface area (Å²) in [5.74, 6) is -4.87. The fourth-order valence-corrected chi connectivity index (χ4v) is 3.05. The van der Waals surface area contributed by atoms with Gasteiger partial charge in [0.05, 0.1) is 6.61 Å². The number of phenolic OH excluding ortho intramolecular Hbond substituents is 2.